The lowest BCUT2D eigenvalue weighted by Gasteiger charge is -2.02. The SMILES string of the molecule is Cc1cc(COc2ccc3cn[nH]c3c2)on1. The van der Waals surface area contributed by atoms with E-state index in [9.17, 15) is 0 Å². The van der Waals surface area contributed by atoms with Gasteiger partial charge in [0.2, 0.25) is 0 Å². The summed E-state index contributed by atoms with van der Waals surface area (Å²) < 4.78 is 10.7. The highest BCUT2D eigenvalue weighted by molar-refractivity contribution is 5.79. The Labute approximate surface area is 97.4 Å². The second-order valence-corrected chi connectivity index (χ2v) is 3.84. The molecule has 0 saturated carbocycles. The molecule has 1 N–H and O–H groups in total. The largest absolute Gasteiger partial charge is 0.485 e. The first-order chi connectivity index (χ1) is 8.31. The summed E-state index contributed by atoms with van der Waals surface area (Å²) in [5.41, 5.74) is 1.81. The number of nitrogens with one attached hydrogen (secondary N) is 1. The number of hydrogen-bond donors (Lipinski definition) is 1. The fourth-order valence-corrected chi connectivity index (χ4v) is 1.64. The summed E-state index contributed by atoms with van der Waals surface area (Å²) in [5, 5.41) is 11.7. The molecule has 3 aromatic rings. The molecule has 86 valence electrons. The summed E-state index contributed by atoms with van der Waals surface area (Å²) in [6, 6.07) is 7.63. The van der Waals surface area contributed by atoms with Crippen molar-refractivity contribution >= 4 is 10.9 Å². The van der Waals surface area contributed by atoms with Crippen LogP contribution in [-0.2, 0) is 6.61 Å². The van der Waals surface area contributed by atoms with E-state index in [1.165, 1.54) is 0 Å². The third kappa shape index (κ3) is 1.99. The van der Waals surface area contributed by atoms with Gasteiger partial charge in [-0.15, -0.1) is 0 Å². The van der Waals surface area contributed by atoms with Gasteiger partial charge in [0.05, 0.1) is 17.4 Å². The zero-order chi connectivity index (χ0) is 11.7. The highest BCUT2D eigenvalue weighted by atomic mass is 16.5. The number of H-pyrrole nitrogens is 1. The maximum Gasteiger partial charge on any atom is 0.174 e. The number of aromatic nitrogens is 3. The number of rotatable bonds is 3. The summed E-state index contributed by atoms with van der Waals surface area (Å²) >= 11 is 0. The van der Waals surface area contributed by atoms with Gasteiger partial charge in [-0.25, -0.2) is 0 Å². The Balaban J connectivity index is 1.76. The van der Waals surface area contributed by atoms with E-state index in [-0.39, 0.29) is 0 Å². The number of aromatic amines is 1. The van der Waals surface area contributed by atoms with Crippen molar-refractivity contribution in [1.82, 2.24) is 15.4 Å². The zero-order valence-electron chi connectivity index (χ0n) is 9.30. The quantitative estimate of drug-likeness (QED) is 0.749. The fourth-order valence-electron chi connectivity index (χ4n) is 1.64. The fraction of sp³-hybridized carbons (Fsp3) is 0.167. The van der Waals surface area contributed by atoms with Crippen molar-refractivity contribution in [2.75, 3.05) is 0 Å². The normalized spacial score (nSPS) is 10.9. The molecule has 0 atom stereocenters. The van der Waals surface area contributed by atoms with Crippen molar-refractivity contribution in [2.24, 2.45) is 0 Å². The summed E-state index contributed by atoms with van der Waals surface area (Å²) in [4.78, 5) is 0. The minimum atomic E-state index is 0.375. The molecular weight excluding hydrogens is 218 g/mol. The van der Waals surface area contributed by atoms with E-state index in [1.54, 1.807) is 6.20 Å². The first-order valence-electron chi connectivity index (χ1n) is 5.29. The first-order valence-corrected chi connectivity index (χ1v) is 5.29. The maximum atomic E-state index is 5.60. The van der Waals surface area contributed by atoms with Crippen molar-refractivity contribution in [3.05, 3.63) is 41.9 Å². The van der Waals surface area contributed by atoms with Crippen molar-refractivity contribution in [3.8, 4) is 5.75 Å². The Bertz CT molecular complexity index is 642. The average molecular weight is 229 g/mol. The highest BCUT2D eigenvalue weighted by Gasteiger charge is 2.03. The monoisotopic (exact) mass is 229 g/mol. The molecule has 0 bridgehead atoms. The van der Waals surface area contributed by atoms with Crippen LogP contribution in [0.3, 0.4) is 0 Å². The topological polar surface area (TPSA) is 63.9 Å². The number of hydrogen-bond acceptors (Lipinski definition) is 4. The Kier molecular flexibility index (Phi) is 2.29. The zero-order valence-corrected chi connectivity index (χ0v) is 9.30. The third-order valence-electron chi connectivity index (χ3n) is 2.47. The molecule has 0 unspecified atom stereocenters. The molecule has 0 fully saturated rings. The highest BCUT2D eigenvalue weighted by Crippen LogP contribution is 2.19. The van der Waals surface area contributed by atoms with Crippen LogP contribution in [0, 0.1) is 6.92 Å². The lowest BCUT2D eigenvalue weighted by atomic mass is 10.2. The summed E-state index contributed by atoms with van der Waals surface area (Å²) in [7, 11) is 0. The molecule has 2 aromatic heterocycles. The van der Waals surface area contributed by atoms with Gasteiger partial charge in [0, 0.05) is 17.5 Å². The predicted octanol–water partition coefficient (Wildman–Crippen LogP) is 2.44. The lowest BCUT2D eigenvalue weighted by Crippen LogP contribution is -1.93. The molecule has 0 aliphatic carbocycles. The summed E-state index contributed by atoms with van der Waals surface area (Å²) in [6.45, 7) is 2.25. The molecule has 2 heterocycles. The Morgan fingerprint density at radius 1 is 1.35 bits per heavy atom. The number of fused-ring (bicyclic) bond motifs is 1. The molecular formula is C12H11N3O2. The van der Waals surface area contributed by atoms with Crippen molar-refractivity contribution in [2.45, 2.75) is 13.5 Å². The standard InChI is InChI=1S/C12H11N3O2/c1-8-4-11(17-15-8)7-16-10-3-2-9-6-13-14-12(9)5-10/h2-6H,7H2,1H3,(H,13,14). The van der Waals surface area contributed by atoms with E-state index in [1.807, 2.05) is 31.2 Å². The van der Waals surface area contributed by atoms with Gasteiger partial charge < -0.3 is 9.26 Å². The molecule has 0 aliphatic heterocycles. The van der Waals surface area contributed by atoms with Crippen LogP contribution in [0.2, 0.25) is 0 Å². The van der Waals surface area contributed by atoms with Gasteiger partial charge in [-0.1, -0.05) is 5.16 Å². The van der Waals surface area contributed by atoms with Gasteiger partial charge in [0.1, 0.15) is 12.4 Å². The van der Waals surface area contributed by atoms with Gasteiger partial charge in [0.15, 0.2) is 5.76 Å². The Hall–Kier alpha value is -2.30. The molecule has 5 nitrogen and oxygen atoms in total. The Morgan fingerprint density at radius 2 is 2.29 bits per heavy atom. The molecule has 3 rings (SSSR count). The van der Waals surface area contributed by atoms with E-state index in [4.69, 9.17) is 9.26 Å². The minimum absolute atomic E-state index is 0.375. The van der Waals surface area contributed by atoms with Crippen molar-refractivity contribution < 1.29 is 9.26 Å². The van der Waals surface area contributed by atoms with Crippen LogP contribution in [0.5, 0.6) is 5.75 Å². The van der Waals surface area contributed by atoms with Crippen LogP contribution in [0.25, 0.3) is 10.9 Å². The second-order valence-electron chi connectivity index (χ2n) is 3.84. The van der Waals surface area contributed by atoms with Gasteiger partial charge in [-0.3, -0.25) is 5.10 Å². The number of nitrogens with zero attached hydrogens (tertiary/aromatic N) is 2. The van der Waals surface area contributed by atoms with Gasteiger partial charge in [-0.05, 0) is 19.1 Å². The van der Waals surface area contributed by atoms with Crippen LogP contribution >= 0.6 is 0 Å². The smallest absolute Gasteiger partial charge is 0.174 e. The molecule has 0 radical (unpaired) electrons. The van der Waals surface area contributed by atoms with E-state index in [0.717, 1.165) is 22.3 Å². The molecule has 1 aromatic carbocycles. The van der Waals surface area contributed by atoms with E-state index in [0.29, 0.717) is 12.4 Å². The van der Waals surface area contributed by atoms with Gasteiger partial charge in [0.25, 0.3) is 0 Å². The number of benzene rings is 1. The third-order valence-corrected chi connectivity index (χ3v) is 2.47. The van der Waals surface area contributed by atoms with Crippen molar-refractivity contribution in [3.63, 3.8) is 0 Å². The summed E-state index contributed by atoms with van der Waals surface area (Å²) in [6.07, 6.45) is 1.78. The van der Waals surface area contributed by atoms with Gasteiger partial charge in [-0.2, -0.15) is 5.10 Å². The number of ether oxygens (including phenoxy) is 1. The predicted molar refractivity (Wildman–Crippen MR) is 61.7 cm³/mol. The van der Waals surface area contributed by atoms with E-state index in [2.05, 4.69) is 15.4 Å². The minimum Gasteiger partial charge on any atom is -0.485 e. The first kappa shape index (κ1) is 9.89. The molecule has 17 heavy (non-hydrogen) atoms. The Morgan fingerprint density at radius 3 is 3.12 bits per heavy atom. The van der Waals surface area contributed by atoms with Crippen LogP contribution in [0.4, 0.5) is 0 Å². The van der Waals surface area contributed by atoms with Crippen LogP contribution in [0.1, 0.15) is 11.5 Å². The molecule has 0 aliphatic rings. The average Bonchev–Trinajstić information content (AvgIpc) is 2.94. The van der Waals surface area contributed by atoms with Crippen LogP contribution in [0.15, 0.2) is 35.0 Å². The molecule has 0 amide bonds. The van der Waals surface area contributed by atoms with Crippen LogP contribution < -0.4 is 4.74 Å². The van der Waals surface area contributed by atoms with E-state index < -0.39 is 0 Å². The second kappa shape index (κ2) is 3.93. The molecule has 0 saturated heterocycles. The number of aryl methyl sites for hydroxylation is 1. The lowest BCUT2D eigenvalue weighted by molar-refractivity contribution is 0.249. The van der Waals surface area contributed by atoms with Crippen LogP contribution in [-0.4, -0.2) is 15.4 Å². The van der Waals surface area contributed by atoms with Crippen molar-refractivity contribution in [1.29, 1.82) is 0 Å². The van der Waals surface area contributed by atoms with Gasteiger partial charge >= 0.3 is 0 Å². The molecule has 5 heteroatoms. The van der Waals surface area contributed by atoms with E-state index >= 15 is 0 Å². The summed E-state index contributed by atoms with van der Waals surface area (Å²) in [5.74, 6) is 1.49. The maximum absolute atomic E-state index is 5.60. The molecule has 0 spiro atoms.